The van der Waals surface area contributed by atoms with Crippen LogP contribution in [0.1, 0.15) is 50.2 Å². The van der Waals surface area contributed by atoms with Crippen LogP contribution >= 0.6 is 34.7 Å². The molecule has 38 heavy (non-hydrogen) atoms. The van der Waals surface area contributed by atoms with Crippen molar-refractivity contribution in [1.29, 1.82) is 0 Å². The lowest BCUT2D eigenvalue weighted by atomic mass is 9.74. The molecule has 4 heterocycles. The molecular weight excluding hydrogens is 538 g/mol. The van der Waals surface area contributed by atoms with Crippen LogP contribution in [0.2, 0.25) is 5.02 Å². The van der Waals surface area contributed by atoms with Gasteiger partial charge < -0.3 is 10.6 Å². The van der Waals surface area contributed by atoms with Crippen LogP contribution in [0.4, 0.5) is 5.82 Å². The van der Waals surface area contributed by atoms with Gasteiger partial charge in [0.25, 0.3) is 5.56 Å². The van der Waals surface area contributed by atoms with Crippen LogP contribution in [0.5, 0.6) is 0 Å². The molecule has 0 bridgehead atoms. The van der Waals surface area contributed by atoms with E-state index in [1.807, 2.05) is 23.8 Å². The molecule has 1 saturated heterocycles. The van der Waals surface area contributed by atoms with Crippen molar-refractivity contribution in [2.45, 2.75) is 62.5 Å². The molecule has 1 aliphatic heterocycles. The van der Waals surface area contributed by atoms with Crippen LogP contribution in [-0.2, 0) is 13.0 Å². The minimum absolute atomic E-state index is 0.0576. The molecular formula is C27H30ClN7OS2. The highest BCUT2D eigenvalue weighted by Crippen LogP contribution is 2.51. The van der Waals surface area contributed by atoms with Crippen molar-refractivity contribution in [2.24, 2.45) is 16.6 Å². The Bertz CT molecular complexity index is 1550. The molecule has 0 unspecified atom stereocenters. The summed E-state index contributed by atoms with van der Waals surface area (Å²) in [6.45, 7) is 8.61. The Morgan fingerprint density at radius 2 is 1.95 bits per heavy atom. The number of hydrogen-bond acceptors (Lipinski definition) is 9. The van der Waals surface area contributed by atoms with Crippen molar-refractivity contribution in [3.05, 3.63) is 62.3 Å². The smallest absolute Gasteiger partial charge is 0.262 e. The molecule has 1 fully saturated rings. The number of fused-ring (bicyclic) bond motifs is 2. The van der Waals surface area contributed by atoms with Gasteiger partial charge in [0.2, 0.25) is 0 Å². The average molecular weight is 568 g/mol. The number of benzene rings is 1. The summed E-state index contributed by atoms with van der Waals surface area (Å²) in [4.78, 5) is 35.9. The number of nitrogens with two attached hydrogens (primary N) is 1. The number of halogens is 1. The maximum atomic E-state index is 13.2. The molecule has 0 saturated carbocycles. The number of rotatable bonds is 4. The molecule has 1 aromatic carbocycles. The van der Waals surface area contributed by atoms with E-state index in [1.54, 1.807) is 28.4 Å². The van der Waals surface area contributed by atoms with Gasteiger partial charge in [-0.25, -0.2) is 19.9 Å². The van der Waals surface area contributed by atoms with Crippen LogP contribution in [0.15, 0.2) is 51.1 Å². The van der Waals surface area contributed by atoms with E-state index in [-0.39, 0.29) is 22.4 Å². The summed E-state index contributed by atoms with van der Waals surface area (Å²) in [5.41, 5.74) is 10.3. The second kappa shape index (κ2) is 9.59. The number of thiazole rings is 1. The Kier molecular flexibility index (Phi) is 6.49. The molecule has 4 aromatic rings. The Hall–Kier alpha value is -2.53. The van der Waals surface area contributed by atoms with E-state index in [9.17, 15) is 4.79 Å². The zero-order valence-corrected chi connectivity index (χ0v) is 24.0. The molecule has 2 N–H and O–H groups in total. The van der Waals surface area contributed by atoms with Crippen molar-refractivity contribution < 1.29 is 0 Å². The maximum absolute atomic E-state index is 13.2. The lowest BCUT2D eigenvalue weighted by molar-refractivity contribution is 0.187. The highest BCUT2D eigenvalue weighted by molar-refractivity contribution is 7.99. The van der Waals surface area contributed by atoms with Crippen molar-refractivity contribution >= 4 is 51.4 Å². The first-order valence-corrected chi connectivity index (χ1v) is 14.8. The summed E-state index contributed by atoms with van der Waals surface area (Å²) in [6, 6.07) is 3.80. The van der Waals surface area contributed by atoms with E-state index < -0.39 is 0 Å². The fraction of sp³-hybridized carbons (Fsp3) is 0.444. The monoisotopic (exact) mass is 567 g/mol. The minimum atomic E-state index is -0.130. The van der Waals surface area contributed by atoms with E-state index in [0.717, 1.165) is 48.1 Å². The summed E-state index contributed by atoms with van der Waals surface area (Å²) in [7, 11) is 0. The SMILES string of the molecule is CC(C)(C)Cn1cnc2ccc(Sc3cnc(N4CCC5(CC4)Cc4ncsc4[C@H]5N)cn3)c(Cl)c2c1=O. The van der Waals surface area contributed by atoms with Crippen molar-refractivity contribution in [2.75, 3.05) is 18.0 Å². The van der Waals surface area contributed by atoms with Gasteiger partial charge in [-0.05, 0) is 42.2 Å². The molecule has 198 valence electrons. The molecule has 2 aliphatic rings. The van der Waals surface area contributed by atoms with E-state index >= 15 is 0 Å². The zero-order valence-electron chi connectivity index (χ0n) is 21.6. The lowest BCUT2D eigenvalue weighted by Gasteiger charge is -2.42. The van der Waals surface area contributed by atoms with Gasteiger partial charge in [0.1, 0.15) is 10.8 Å². The fourth-order valence-corrected chi connectivity index (χ4v) is 7.65. The second-order valence-corrected chi connectivity index (χ2v) is 13.8. The Labute approximate surface area is 234 Å². The van der Waals surface area contributed by atoms with Crippen molar-refractivity contribution in [3.63, 3.8) is 0 Å². The first kappa shape index (κ1) is 25.7. The molecule has 11 heteroatoms. The maximum Gasteiger partial charge on any atom is 0.262 e. The van der Waals surface area contributed by atoms with Crippen LogP contribution in [0.25, 0.3) is 10.9 Å². The number of hydrogen-bond donors (Lipinski definition) is 1. The summed E-state index contributed by atoms with van der Waals surface area (Å²) in [5, 5.41) is 1.55. The standard InChI is InChI=1S/C27H30ClN7OS2/c1-26(2,3)13-35-14-32-16-4-5-18(22(28)21(16)25(35)36)38-20-12-30-19(11-31-20)34-8-6-27(7-9-34)10-17-23(24(27)29)37-15-33-17/h4-5,11-12,14-15,24H,6-10,13,29H2,1-3H3/t24-/m1/s1. The summed E-state index contributed by atoms with van der Waals surface area (Å²) >= 11 is 9.83. The Morgan fingerprint density at radius 1 is 1.16 bits per heavy atom. The number of piperidine rings is 1. The molecule has 1 spiro atoms. The van der Waals surface area contributed by atoms with Gasteiger partial charge in [-0.1, -0.05) is 44.1 Å². The molecule has 0 radical (unpaired) electrons. The van der Waals surface area contributed by atoms with Crippen LogP contribution < -0.4 is 16.2 Å². The van der Waals surface area contributed by atoms with Crippen molar-refractivity contribution in [3.8, 4) is 0 Å². The third-order valence-corrected chi connectivity index (χ3v) is 10.0. The normalized spacial score (nSPS) is 18.9. The zero-order chi connectivity index (χ0) is 26.7. The van der Waals surface area contributed by atoms with Gasteiger partial charge in [-0.3, -0.25) is 9.36 Å². The van der Waals surface area contributed by atoms with E-state index in [1.165, 1.54) is 22.3 Å². The van der Waals surface area contributed by atoms with Gasteiger partial charge in [-0.2, -0.15) is 0 Å². The van der Waals surface area contributed by atoms with Crippen LogP contribution in [-0.4, -0.2) is 37.6 Å². The highest BCUT2D eigenvalue weighted by atomic mass is 35.5. The van der Waals surface area contributed by atoms with Crippen LogP contribution in [0, 0.1) is 10.8 Å². The van der Waals surface area contributed by atoms with E-state index in [4.69, 9.17) is 22.3 Å². The van der Waals surface area contributed by atoms with Gasteiger partial charge in [0, 0.05) is 35.4 Å². The van der Waals surface area contributed by atoms with Gasteiger partial charge >= 0.3 is 0 Å². The summed E-state index contributed by atoms with van der Waals surface area (Å²) < 4.78 is 1.63. The number of nitrogens with zero attached hydrogens (tertiary/aromatic N) is 6. The quantitative estimate of drug-likeness (QED) is 0.353. The number of anilines is 1. The molecule has 0 amide bonds. The van der Waals surface area contributed by atoms with E-state index in [0.29, 0.717) is 22.5 Å². The van der Waals surface area contributed by atoms with Gasteiger partial charge in [-0.15, -0.1) is 11.3 Å². The lowest BCUT2D eigenvalue weighted by Crippen LogP contribution is -2.44. The molecule has 1 atom stereocenters. The highest BCUT2D eigenvalue weighted by Gasteiger charge is 2.47. The third-order valence-electron chi connectivity index (χ3n) is 7.59. The summed E-state index contributed by atoms with van der Waals surface area (Å²) in [5.74, 6) is 0.863. The van der Waals surface area contributed by atoms with Gasteiger partial charge in [0.15, 0.2) is 0 Å². The average Bonchev–Trinajstić information content (AvgIpc) is 3.43. The Morgan fingerprint density at radius 3 is 2.63 bits per heavy atom. The predicted molar refractivity (Wildman–Crippen MR) is 153 cm³/mol. The largest absolute Gasteiger partial charge is 0.355 e. The fourth-order valence-electron chi connectivity index (χ4n) is 5.58. The molecule has 1 aliphatic carbocycles. The molecule has 6 rings (SSSR count). The topological polar surface area (TPSA) is 103 Å². The molecule has 3 aromatic heterocycles. The second-order valence-electron chi connectivity index (χ2n) is 11.5. The Balaban J connectivity index is 1.17. The predicted octanol–water partition coefficient (Wildman–Crippen LogP) is 5.34. The first-order valence-electron chi connectivity index (χ1n) is 12.7. The van der Waals surface area contributed by atoms with Gasteiger partial charge in [0.05, 0.1) is 45.9 Å². The van der Waals surface area contributed by atoms with Crippen LogP contribution in [0.3, 0.4) is 0 Å². The van der Waals surface area contributed by atoms with E-state index in [2.05, 4.69) is 40.6 Å². The minimum Gasteiger partial charge on any atom is -0.355 e. The summed E-state index contributed by atoms with van der Waals surface area (Å²) in [6.07, 6.45) is 8.20. The van der Waals surface area contributed by atoms with Crippen molar-refractivity contribution in [1.82, 2.24) is 24.5 Å². The number of aromatic nitrogens is 5. The first-order chi connectivity index (χ1) is 18.1. The molecule has 8 nitrogen and oxygen atoms in total. The third kappa shape index (κ3) is 4.61.